The topological polar surface area (TPSA) is 15.3 Å². The summed E-state index contributed by atoms with van der Waals surface area (Å²) in [7, 11) is 0. The lowest BCUT2D eigenvalue weighted by Crippen LogP contribution is -2.41. The van der Waals surface area contributed by atoms with Gasteiger partial charge in [0.25, 0.3) is 0 Å². The van der Waals surface area contributed by atoms with E-state index in [2.05, 4.69) is 10.2 Å². The van der Waals surface area contributed by atoms with Crippen LogP contribution in [0.3, 0.4) is 0 Å². The summed E-state index contributed by atoms with van der Waals surface area (Å²) in [6, 6.07) is 1.82. The number of nitrogens with zero attached hydrogens (tertiary/aromatic N) is 1. The highest BCUT2D eigenvalue weighted by Gasteiger charge is 2.26. The Morgan fingerprint density at radius 3 is 1.56 bits per heavy atom. The third kappa shape index (κ3) is 2.60. The van der Waals surface area contributed by atoms with Gasteiger partial charge in [-0.1, -0.05) is 6.42 Å². The fourth-order valence-electron chi connectivity index (χ4n) is 3.83. The normalized spacial score (nSPS) is 45.0. The zero-order chi connectivity index (χ0) is 10.8. The lowest BCUT2D eigenvalue weighted by Gasteiger charge is -2.38. The molecule has 5 aliphatic rings. The molecule has 0 spiro atoms. The SMILES string of the molecule is C1CC2CCC(C1)N2.C1CN2CCC1CC2. The van der Waals surface area contributed by atoms with E-state index in [0.29, 0.717) is 0 Å². The van der Waals surface area contributed by atoms with Gasteiger partial charge in [0, 0.05) is 12.1 Å². The molecule has 92 valence electrons. The molecule has 5 aliphatic heterocycles. The van der Waals surface area contributed by atoms with Gasteiger partial charge in [-0.05, 0) is 70.5 Å². The first-order chi connectivity index (χ1) is 7.90. The van der Waals surface area contributed by atoms with Crippen LogP contribution in [0.5, 0.6) is 0 Å². The Labute approximate surface area is 99.8 Å². The first-order valence-corrected chi connectivity index (χ1v) is 7.38. The first kappa shape index (κ1) is 11.0. The Balaban J connectivity index is 0.000000101. The second kappa shape index (κ2) is 5.05. The van der Waals surface area contributed by atoms with Crippen molar-refractivity contribution in [2.24, 2.45) is 5.92 Å². The van der Waals surface area contributed by atoms with Gasteiger partial charge in [0.15, 0.2) is 0 Å². The molecule has 0 saturated carbocycles. The largest absolute Gasteiger partial charge is 0.311 e. The van der Waals surface area contributed by atoms with E-state index in [0.717, 1.165) is 18.0 Å². The molecular formula is C14H26N2. The molecule has 0 aromatic rings. The van der Waals surface area contributed by atoms with Crippen molar-refractivity contribution in [3.05, 3.63) is 0 Å². The van der Waals surface area contributed by atoms with Crippen LogP contribution in [-0.2, 0) is 0 Å². The number of piperidine rings is 4. The summed E-state index contributed by atoms with van der Waals surface area (Å²) in [6.07, 6.45) is 11.7. The molecule has 0 aromatic carbocycles. The lowest BCUT2D eigenvalue weighted by atomic mass is 9.89. The summed E-state index contributed by atoms with van der Waals surface area (Å²) in [5.74, 6) is 1.11. The number of rotatable bonds is 0. The van der Waals surface area contributed by atoms with E-state index in [4.69, 9.17) is 0 Å². The highest BCUT2D eigenvalue weighted by Crippen LogP contribution is 2.26. The molecule has 0 amide bonds. The highest BCUT2D eigenvalue weighted by atomic mass is 15.1. The van der Waals surface area contributed by atoms with Gasteiger partial charge in [-0.25, -0.2) is 0 Å². The van der Waals surface area contributed by atoms with Crippen LogP contribution in [0.4, 0.5) is 0 Å². The van der Waals surface area contributed by atoms with Crippen molar-refractivity contribution in [2.45, 2.75) is 63.5 Å². The highest BCUT2D eigenvalue weighted by molar-refractivity contribution is 4.87. The summed E-state index contributed by atoms with van der Waals surface area (Å²) >= 11 is 0. The molecule has 4 bridgehead atoms. The lowest BCUT2D eigenvalue weighted by molar-refractivity contribution is 0.111. The van der Waals surface area contributed by atoms with Gasteiger partial charge >= 0.3 is 0 Å². The smallest absolute Gasteiger partial charge is 0.00702 e. The Kier molecular flexibility index (Phi) is 3.49. The van der Waals surface area contributed by atoms with Crippen LogP contribution < -0.4 is 5.32 Å². The van der Waals surface area contributed by atoms with Gasteiger partial charge in [-0.2, -0.15) is 0 Å². The summed E-state index contributed by atoms with van der Waals surface area (Å²) in [4.78, 5) is 2.58. The second-order valence-electron chi connectivity index (χ2n) is 6.14. The van der Waals surface area contributed by atoms with E-state index in [9.17, 15) is 0 Å². The van der Waals surface area contributed by atoms with Crippen LogP contribution in [-0.4, -0.2) is 36.6 Å². The van der Waals surface area contributed by atoms with Gasteiger partial charge in [0.2, 0.25) is 0 Å². The Bertz CT molecular complexity index is 171. The van der Waals surface area contributed by atoms with E-state index in [-0.39, 0.29) is 0 Å². The molecule has 5 saturated heterocycles. The van der Waals surface area contributed by atoms with Crippen molar-refractivity contribution in [2.75, 3.05) is 19.6 Å². The summed E-state index contributed by atoms with van der Waals surface area (Å²) in [5.41, 5.74) is 0. The predicted molar refractivity (Wildman–Crippen MR) is 67.6 cm³/mol. The average Bonchev–Trinajstić information content (AvgIpc) is 2.72. The minimum atomic E-state index is 0.911. The molecule has 2 heteroatoms. The maximum absolute atomic E-state index is 3.59. The summed E-state index contributed by atoms with van der Waals surface area (Å²) < 4.78 is 0. The monoisotopic (exact) mass is 222 g/mol. The molecule has 0 radical (unpaired) electrons. The Morgan fingerprint density at radius 2 is 1.25 bits per heavy atom. The standard InChI is InChI=1S/2C7H13N/c1-4-8-5-2-7(1)3-6-8;1-2-6-4-5-7(3-1)8-6/h7H,1-6H2;6-8H,1-5H2. The van der Waals surface area contributed by atoms with Gasteiger partial charge in [0.05, 0.1) is 0 Å². The molecule has 2 atom stereocenters. The number of hydrogen-bond acceptors (Lipinski definition) is 2. The molecule has 5 fully saturated rings. The molecular weight excluding hydrogens is 196 g/mol. The third-order valence-electron chi connectivity index (χ3n) is 5.00. The van der Waals surface area contributed by atoms with Crippen molar-refractivity contribution in [1.29, 1.82) is 0 Å². The Morgan fingerprint density at radius 1 is 0.688 bits per heavy atom. The molecule has 5 heterocycles. The average molecular weight is 222 g/mol. The minimum Gasteiger partial charge on any atom is -0.311 e. The fraction of sp³-hybridized carbons (Fsp3) is 1.00. The van der Waals surface area contributed by atoms with Crippen LogP contribution in [0.2, 0.25) is 0 Å². The zero-order valence-corrected chi connectivity index (χ0v) is 10.5. The first-order valence-electron chi connectivity index (χ1n) is 7.38. The van der Waals surface area contributed by atoms with E-state index in [1.165, 1.54) is 71.0 Å². The molecule has 2 unspecified atom stereocenters. The number of fused-ring (bicyclic) bond motifs is 5. The van der Waals surface area contributed by atoms with Gasteiger partial charge < -0.3 is 10.2 Å². The van der Waals surface area contributed by atoms with Crippen LogP contribution >= 0.6 is 0 Å². The predicted octanol–water partition coefficient (Wildman–Crippen LogP) is 2.39. The molecule has 16 heavy (non-hydrogen) atoms. The van der Waals surface area contributed by atoms with Gasteiger partial charge in [0.1, 0.15) is 0 Å². The van der Waals surface area contributed by atoms with E-state index in [1.807, 2.05) is 0 Å². The Hall–Kier alpha value is -0.0800. The fourth-order valence-corrected chi connectivity index (χ4v) is 3.83. The van der Waals surface area contributed by atoms with Crippen molar-refractivity contribution >= 4 is 0 Å². The molecule has 5 rings (SSSR count). The molecule has 0 aliphatic carbocycles. The van der Waals surface area contributed by atoms with Gasteiger partial charge in [-0.3, -0.25) is 0 Å². The maximum Gasteiger partial charge on any atom is 0.00702 e. The van der Waals surface area contributed by atoms with Crippen molar-refractivity contribution in [1.82, 2.24) is 10.2 Å². The van der Waals surface area contributed by atoms with Crippen LogP contribution in [0, 0.1) is 5.92 Å². The minimum absolute atomic E-state index is 0.911. The number of hydrogen-bond donors (Lipinski definition) is 1. The molecule has 0 aromatic heterocycles. The number of nitrogens with one attached hydrogen (secondary N) is 1. The van der Waals surface area contributed by atoms with Crippen LogP contribution in [0.25, 0.3) is 0 Å². The summed E-state index contributed by atoms with van der Waals surface area (Å²) in [5, 5.41) is 3.59. The zero-order valence-electron chi connectivity index (χ0n) is 10.5. The van der Waals surface area contributed by atoms with Crippen LogP contribution in [0.15, 0.2) is 0 Å². The van der Waals surface area contributed by atoms with E-state index in [1.54, 1.807) is 0 Å². The van der Waals surface area contributed by atoms with Crippen LogP contribution in [0.1, 0.15) is 51.4 Å². The summed E-state index contributed by atoms with van der Waals surface area (Å²) in [6.45, 7) is 4.18. The van der Waals surface area contributed by atoms with Crippen molar-refractivity contribution in [3.63, 3.8) is 0 Å². The molecule has 2 nitrogen and oxygen atoms in total. The van der Waals surface area contributed by atoms with Gasteiger partial charge in [-0.15, -0.1) is 0 Å². The maximum atomic E-state index is 3.59. The van der Waals surface area contributed by atoms with E-state index < -0.39 is 0 Å². The molecule has 1 N–H and O–H groups in total. The second-order valence-corrected chi connectivity index (χ2v) is 6.14. The van der Waals surface area contributed by atoms with E-state index >= 15 is 0 Å². The van der Waals surface area contributed by atoms with Crippen molar-refractivity contribution < 1.29 is 0 Å². The third-order valence-corrected chi connectivity index (χ3v) is 5.00. The van der Waals surface area contributed by atoms with Crippen molar-refractivity contribution in [3.8, 4) is 0 Å². The quantitative estimate of drug-likeness (QED) is 0.677.